The molecule has 1 rings (SSSR count). The molecular weight excluding hydrogens is 199 g/mol. The molecule has 1 fully saturated rings. The minimum Gasteiger partial charge on any atom is -0.452 e. The number of ether oxygens (including phenoxy) is 1. The van der Waals surface area contributed by atoms with Crippen molar-refractivity contribution >= 4 is 29.2 Å². The third-order valence-electron chi connectivity index (χ3n) is 2.08. The molecule has 0 aromatic rings. The van der Waals surface area contributed by atoms with E-state index in [2.05, 4.69) is 6.58 Å². The Balaban J connectivity index is 2.92. The Morgan fingerprint density at radius 1 is 1.67 bits per heavy atom. The van der Waals surface area contributed by atoms with Gasteiger partial charge < -0.3 is 4.74 Å². The summed E-state index contributed by atoms with van der Waals surface area (Å²) in [5.41, 5.74) is 0.0413. The van der Waals surface area contributed by atoms with Crippen molar-refractivity contribution in [3.05, 3.63) is 12.2 Å². The highest BCUT2D eigenvalue weighted by Crippen LogP contribution is 2.44. The summed E-state index contributed by atoms with van der Waals surface area (Å²) in [5, 5.41) is 0. The summed E-state index contributed by atoms with van der Waals surface area (Å²) in [4.78, 5) is 11.1. The third-order valence-corrected chi connectivity index (χ3v) is 2.65. The number of hydrogen-bond acceptors (Lipinski definition) is 2. The van der Waals surface area contributed by atoms with E-state index >= 15 is 0 Å². The van der Waals surface area contributed by atoms with Gasteiger partial charge >= 0.3 is 5.97 Å². The van der Waals surface area contributed by atoms with E-state index < -0.39 is 15.9 Å². The second kappa shape index (κ2) is 2.64. The van der Waals surface area contributed by atoms with Crippen molar-refractivity contribution in [3.63, 3.8) is 0 Å². The molecule has 1 aliphatic heterocycles. The number of hydrogen-bond donors (Lipinski definition) is 0. The number of carbonyl (C=O) groups is 1. The fraction of sp³-hybridized carbons (Fsp3) is 0.625. The molecule has 1 unspecified atom stereocenters. The number of rotatable bonds is 1. The SMILES string of the molecule is C=C(C)C1(C)CC(Cl)(Cl)C(=O)O1. The van der Waals surface area contributed by atoms with Crippen LogP contribution in [0, 0.1) is 0 Å². The lowest BCUT2D eigenvalue weighted by Crippen LogP contribution is -2.25. The van der Waals surface area contributed by atoms with Crippen LogP contribution in [0.2, 0.25) is 0 Å². The van der Waals surface area contributed by atoms with Crippen LogP contribution in [0.3, 0.4) is 0 Å². The van der Waals surface area contributed by atoms with Gasteiger partial charge in [-0.3, -0.25) is 0 Å². The van der Waals surface area contributed by atoms with E-state index in [4.69, 9.17) is 27.9 Å². The maximum Gasteiger partial charge on any atom is 0.343 e. The standard InChI is InChI=1S/C8H10Cl2O2/c1-5(2)7(3)4-8(9,10)6(11)12-7/h1,4H2,2-3H3. The monoisotopic (exact) mass is 208 g/mol. The van der Waals surface area contributed by atoms with Crippen molar-refractivity contribution in [2.24, 2.45) is 0 Å². The summed E-state index contributed by atoms with van der Waals surface area (Å²) in [7, 11) is 0. The summed E-state index contributed by atoms with van der Waals surface area (Å²) in [5.74, 6) is -0.587. The molecule has 2 nitrogen and oxygen atoms in total. The molecule has 4 heteroatoms. The Kier molecular flexibility index (Phi) is 2.17. The smallest absolute Gasteiger partial charge is 0.343 e. The Hall–Kier alpha value is -0.210. The van der Waals surface area contributed by atoms with Crippen LogP contribution in [-0.4, -0.2) is 15.9 Å². The quantitative estimate of drug-likeness (QED) is 0.376. The number of alkyl halides is 2. The lowest BCUT2D eigenvalue weighted by atomic mass is 9.95. The molecule has 1 aliphatic rings. The first kappa shape index (κ1) is 9.87. The largest absolute Gasteiger partial charge is 0.452 e. The van der Waals surface area contributed by atoms with E-state index in [1.807, 2.05) is 0 Å². The molecule has 0 amide bonds. The lowest BCUT2D eigenvalue weighted by Gasteiger charge is -2.22. The van der Waals surface area contributed by atoms with Gasteiger partial charge in [0.25, 0.3) is 0 Å². The second-order valence-corrected chi connectivity index (χ2v) is 4.77. The molecule has 1 atom stereocenters. The Labute approximate surface area is 81.5 Å². The van der Waals surface area contributed by atoms with Crippen LogP contribution in [0.5, 0.6) is 0 Å². The maximum absolute atomic E-state index is 11.1. The summed E-state index contributed by atoms with van der Waals surface area (Å²) in [6, 6.07) is 0. The Morgan fingerprint density at radius 3 is 2.33 bits per heavy atom. The van der Waals surface area contributed by atoms with E-state index in [-0.39, 0.29) is 6.42 Å². The molecule has 0 aliphatic carbocycles. The molecule has 1 saturated heterocycles. The predicted molar refractivity (Wildman–Crippen MR) is 48.4 cm³/mol. The Bertz CT molecular complexity index is 247. The van der Waals surface area contributed by atoms with Gasteiger partial charge in [0, 0.05) is 6.42 Å². The zero-order valence-corrected chi connectivity index (χ0v) is 8.50. The molecule has 68 valence electrons. The molecule has 0 aromatic heterocycles. The molecular formula is C8H10Cl2O2. The van der Waals surface area contributed by atoms with Crippen LogP contribution in [0.15, 0.2) is 12.2 Å². The van der Waals surface area contributed by atoms with E-state index in [0.29, 0.717) is 0 Å². The van der Waals surface area contributed by atoms with Gasteiger partial charge in [-0.05, 0) is 19.4 Å². The zero-order chi connectivity index (χ0) is 9.57. The highest BCUT2D eigenvalue weighted by Gasteiger charge is 2.53. The molecule has 0 N–H and O–H groups in total. The van der Waals surface area contributed by atoms with Gasteiger partial charge in [0.2, 0.25) is 4.33 Å². The van der Waals surface area contributed by atoms with Crippen LogP contribution in [-0.2, 0) is 9.53 Å². The van der Waals surface area contributed by atoms with Gasteiger partial charge in [-0.1, -0.05) is 29.8 Å². The van der Waals surface area contributed by atoms with Crippen LogP contribution in [0.25, 0.3) is 0 Å². The van der Waals surface area contributed by atoms with Crippen LogP contribution in [0.4, 0.5) is 0 Å². The minimum atomic E-state index is -1.41. The predicted octanol–water partition coefficient (Wildman–Crippen LogP) is 2.44. The second-order valence-electron chi connectivity index (χ2n) is 3.28. The van der Waals surface area contributed by atoms with E-state index in [1.165, 1.54) is 0 Å². The van der Waals surface area contributed by atoms with Gasteiger partial charge in [-0.15, -0.1) is 0 Å². The van der Waals surface area contributed by atoms with Crippen molar-refractivity contribution in [2.45, 2.75) is 30.2 Å². The maximum atomic E-state index is 11.1. The topological polar surface area (TPSA) is 26.3 Å². The van der Waals surface area contributed by atoms with Crippen molar-refractivity contribution in [2.75, 3.05) is 0 Å². The number of halogens is 2. The lowest BCUT2D eigenvalue weighted by molar-refractivity contribution is -0.145. The van der Waals surface area contributed by atoms with Crippen molar-refractivity contribution in [3.8, 4) is 0 Å². The van der Waals surface area contributed by atoms with Crippen LogP contribution >= 0.6 is 23.2 Å². The zero-order valence-electron chi connectivity index (χ0n) is 6.99. The average molecular weight is 209 g/mol. The average Bonchev–Trinajstić information content (AvgIpc) is 2.03. The van der Waals surface area contributed by atoms with Crippen molar-refractivity contribution < 1.29 is 9.53 Å². The third kappa shape index (κ3) is 1.46. The Morgan fingerprint density at radius 2 is 2.17 bits per heavy atom. The summed E-state index contributed by atoms with van der Waals surface area (Å²) < 4.78 is 3.61. The molecule has 12 heavy (non-hydrogen) atoms. The molecule has 0 radical (unpaired) electrons. The van der Waals surface area contributed by atoms with Crippen molar-refractivity contribution in [1.29, 1.82) is 0 Å². The molecule has 1 heterocycles. The van der Waals surface area contributed by atoms with Gasteiger partial charge in [-0.2, -0.15) is 0 Å². The van der Waals surface area contributed by atoms with Crippen LogP contribution in [0.1, 0.15) is 20.3 Å². The summed E-state index contributed by atoms with van der Waals surface area (Å²) in [6.07, 6.45) is 0.261. The first-order valence-electron chi connectivity index (χ1n) is 3.55. The molecule has 0 spiro atoms. The molecule has 0 aromatic carbocycles. The highest BCUT2D eigenvalue weighted by molar-refractivity contribution is 6.58. The number of cyclic esters (lactones) is 1. The fourth-order valence-corrected chi connectivity index (χ4v) is 1.64. The van der Waals surface area contributed by atoms with Gasteiger partial charge in [0.15, 0.2) is 0 Å². The van der Waals surface area contributed by atoms with Crippen LogP contribution < -0.4 is 0 Å². The summed E-state index contributed by atoms with van der Waals surface area (Å²) >= 11 is 11.4. The van der Waals surface area contributed by atoms with Gasteiger partial charge in [0.05, 0.1) is 0 Å². The number of carbonyl (C=O) groups excluding carboxylic acids is 1. The van der Waals surface area contributed by atoms with E-state index in [9.17, 15) is 4.79 Å². The van der Waals surface area contributed by atoms with E-state index in [1.54, 1.807) is 13.8 Å². The molecule has 0 bridgehead atoms. The minimum absolute atomic E-state index is 0.261. The fourth-order valence-electron chi connectivity index (χ4n) is 1.05. The summed E-state index contributed by atoms with van der Waals surface area (Å²) in [6.45, 7) is 7.24. The molecule has 0 saturated carbocycles. The van der Waals surface area contributed by atoms with Crippen molar-refractivity contribution in [1.82, 2.24) is 0 Å². The first-order valence-corrected chi connectivity index (χ1v) is 4.31. The van der Waals surface area contributed by atoms with Gasteiger partial charge in [0.1, 0.15) is 5.60 Å². The highest BCUT2D eigenvalue weighted by atomic mass is 35.5. The van der Waals surface area contributed by atoms with Gasteiger partial charge in [-0.25, -0.2) is 4.79 Å². The first-order chi connectivity index (χ1) is 5.28. The number of esters is 1. The van der Waals surface area contributed by atoms with E-state index in [0.717, 1.165) is 5.57 Å². The normalized spacial score (nSPS) is 33.2.